The zero-order valence-electron chi connectivity index (χ0n) is 23.9. The van der Waals surface area contributed by atoms with Crippen LogP contribution in [0.2, 0.25) is 0 Å². The molecule has 1 nitrogen and oxygen atoms in total. The molecule has 0 spiro atoms. The smallest absolute Gasteiger partial charge is 0.0582 e. The Morgan fingerprint density at radius 3 is 1.90 bits per heavy atom. The van der Waals surface area contributed by atoms with Crippen LogP contribution < -0.4 is 0 Å². The molecule has 0 aliphatic carbocycles. The van der Waals surface area contributed by atoms with E-state index in [1.807, 2.05) is 0 Å². The zero-order valence-corrected chi connectivity index (χ0v) is 23.9. The van der Waals surface area contributed by atoms with Crippen LogP contribution in [-0.2, 0) is 10.8 Å². The number of nitrogens with zero attached hydrogens (tertiary/aromatic N) is 1. The van der Waals surface area contributed by atoms with Gasteiger partial charge in [-0.25, -0.2) is 0 Å². The molecule has 6 aromatic carbocycles. The Kier molecular flexibility index (Phi) is 4.26. The second-order valence-electron chi connectivity index (χ2n) is 13.0. The summed E-state index contributed by atoms with van der Waals surface area (Å²) in [6.45, 7) is 9.62. The van der Waals surface area contributed by atoms with Gasteiger partial charge in [0.25, 0.3) is 0 Å². The highest BCUT2D eigenvalue weighted by Gasteiger charge is 2.43. The third kappa shape index (κ3) is 2.81. The molecule has 0 saturated heterocycles. The summed E-state index contributed by atoms with van der Waals surface area (Å²) in [5, 5.41) is 5.29. The lowest BCUT2D eigenvalue weighted by Gasteiger charge is -2.42. The molecule has 2 aliphatic rings. The van der Waals surface area contributed by atoms with Gasteiger partial charge in [-0.05, 0) is 73.5 Å². The van der Waals surface area contributed by atoms with Gasteiger partial charge in [-0.2, -0.15) is 0 Å². The number of para-hydroxylation sites is 2. The average molecular weight is 526 g/mol. The molecular formula is C40H31N. The number of rotatable bonds is 2. The third-order valence-corrected chi connectivity index (χ3v) is 10.1. The Balaban J connectivity index is 1.37. The number of hydrogen-bond acceptors (Lipinski definition) is 0. The molecule has 0 bridgehead atoms. The van der Waals surface area contributed by atoms with Gasteiger partial charge in [0.1, 0.15) is 0 Å². The molecule has 2 aliphatic heterocycles. The number of hydrogen-bond donors (Lipinski definition) is 0. The molecule has 3 heterocycles. The minimum absolute atomic E-state index is 0.0571. The van der Waals surface area contributed by atoms with E-state index in [-0.39, 0.29) is 10.8 Å². The molecule has 41 heavy (non-hydrogen) atoms. The van der Waals surface area contributed by atoms with E-state index < -0.39 is 0 Å². The summed E-state index contributed by atoms with van der Waals surface area (Å²) in [5.74, 6) is 0. The maximum absolute atomic E-state index is 2.60. The lowest BCUT2D eigenvalue weighted by molar-refractivity contribution is 0.594. The quantitative estimate of drug-likeness (QED) is 0.212. The van der Waals surface area contributed by atoms with E-state index >= 15 is 0 Å². The van der Waals surface area contributed by atoms with Gasteiger partial charge in [-0.1, -0.05) is 125 Å². The number of benzene rings is 6. The topological polar surface area (TPSA) is 4.93 Å². The van der Waals surface area contributed by atoms with Gasteiger partial charge in [0.05, 0.1) is 16.7 Å². The average Bonchev–Trinajstić information content (AvgIpc) is 3.33. The third-order valence-electron chi connectivity index (χ3n) is 10.1. The van der Waals surface area contributed by atoms with Crippen molar-refractivity contribution in [3.63, 3.8) is 0 Å². The van der Waals surface area contributed by atoms with E-state index in [0.717, 1.165) is 0 Å². The van der Waals surface area contributed by atoms with E-state index in [9.17, 15) is 0 Å². The second kappa shape index (κ2) is 7.56. The van der Waals surface area contributed by atoms with Crippen molar-refractivity contribution in [3.8, 4) is 27.9 Å². The molecule has 0 unspecified atom stereocenters. The first kappa shape index (κ1) is 23.1. The Morgan fingerprint density at radius 2 is 1.05 bits per heavy atom. The van der Waals surface area contributed by atoms with Crippen molar-refractivity contribution >= 4 is 32.6 Å². The molecule has 1 heteroatoms. The summed E-state index contributed by atoms with van der Waals surface area (Å²) in [5.41, 5.74) is 14.7. The highest BCUT2D eigenvalue weighted by Crippen LogP contribution is 2.55. The standard InChI is InChI=1S/C40H31N/c1-39(2)32-18-9-17-30-31-22-27(25-13-7-14-26(21-25)29-16-8-12-24-11-5-6-15-28(24)29)23-35-37(31)41(36(30)32)38-33(39)19-10-20-34(38)40(35,3)4/h5-23H,1-4H3. The van der Waals surface area contributed by atoms with Gasteiger partial charge in [0.2, 0.25) is 0 Å². The summed E-state index contributed by atoms with van der Waals surface area (Å²) in [6.07, 6.45) is 0. The van der Waals surface area contributed by atoms with Crippen molar-refractivity contribution < 1.29 is 0 Å². The Morgan fingerprint density at radius 1 is 0.439 bits per heavy atom. The maximum atomic E-state index is 2.60. The van der Waals surface area contributed by atoms with Crippen LogP contribution in [0.25, 0.3) is 60.5 Å². The van der Waals surface area contributed by atoms with Crippen LogP contribution in [0.1, 0.15) is 49.9 Å². The van der Waals surface area contributed by atoms with Gasteiger partial charge in [-0.3, -0.25) is 0 Å². The fourth-order valence-corrected chi connectivity index (χ4v) is 7.99. The summed E-state index contributed by atoms with van der Waals surface area (Å²) in [7, 11) is 0. The van der Waals surface area contributed by atoms with Gasteiger partial charge in [-0.15, -0.1) is 0 Å². The van der Waals surface area contributed by atoms with Gasteiger partial charge >= 0.3 is 0 Å². The highest BCUT2D eigenvalue weighted by molar-refractivity contribution is 6.15. The van der Waals surface area contributed by atoms with Crippen LogP contribution >= 0.6 is 0 Å². The Labute approximate surface area is 240 Å². The van der Waals surface area contributed by atoms with Crippen molar-refractivity contribution in [2.24, 2.45) is 0 Å². The molecule has 9 rings (SSSR count). The van der Waals surface area contributed by atoms with E-state index in [1.54, 1.807) is 0 Å². The Hall–Kier alpha value is -4.62. The molecule has 7 aromatic rings. The molecular weight excluding hydrogens is 494 g/mol. The minimum atomic E-state index is -0.120. The summed E-state index contributed by atoms with van der Waals surface area (Å²) < 4.78 is 2.60. The predicted octanol–water partition coefficient (Wildman–Crippen LogP) is 10.5. The minimum Gasteiger partial charge on any atom is -0.308 e. The lowest BCUT2D eigenvalue weighted by Crippen LogP contribution is -2.33. The zero-order chi connectivity index (χ0) is 27.7. The van der Waals surface area contributed by atoms with Gasteiger partial charge < -0.3 is 4.57 Å². The van der Waals surface area contributed by atoms with Crippen molar-refractivity contribution in [2.45, 2.75) is 38.5 Å². The van der Waals surface area contributed by atoms with Crippen molar-refractivity contribution in [1.82, 2.24) is 4.57 Å². The van der Waals surface area contributed by atoms with E-state index in [4.69, 9.17) is 0 Å². The van der Waals surface area contributed by atoms with Crippen molar-refractivity contribution in [3.05, 3.63) is 138 Å². The lowest BCUT2D eigenvalue weighted by atomic mass is 9.68. The first-order chi connectivity index (χ1) is 19.9. The monoisotopic (exact) mass is 525 g/mol. The molecule has 0 amide bonds. The molecule has 0 radical (unpaired) electrons. The SMILES string of the molecule is CC1(C)c2cccc3c2-n2c4c1cccc4c1cc(-c4cccc(-c5cccc6ccccc56)c4)cc(c12)C3(C)C. The summed E-state index contributed by atoms with van der Waals surface area (Å²) in [6, 6.07) is 43.3. The normalized spacial score (nSPS) is 15.7. The first-order valence-corrected chi connectivity index (χ1v) is 14.7. The number of fused-ring (bicyclic) bond motifs is 2. The van der Waals surface area contributed by atoms with E-state index in [1.165, 1.54) is 82.8 Å². The Bertz CT molecular complexity index is 2250. The van der Waals surface area contributed by atoms with Crippen LogP contribution in [-0.4, -0.2) is 4.57 Å². The van der Waals surface area contributed by atoms with Crippen LogP contribution in [0.4, 0.5) is 0 Å². The van der Waals surface area contributed by atoms with Crippen LogP contribution in [0.5, 0.6) is 0 Å². The molecule has 0 N–H and O–H groups in total. The molecule has 0 fully saturated rings. The van der Waals surface area contributed by atoms with Gasteiger partial charge in [0, 0.05) is 21.6 Å². The molecule has 0 saturated carbocycles. The first-order valence-electron chi connectivity index (χ1n) is 14.7. The van der Waals surface area contributed by atoms with Crippen LogP contribution in [0.3, 0.4) is 0 Å². The highest BCUT2D eigenvalue weighted by atomic mass is 15.0. The van der Waals surface area contributed by atoms with E-state index in [0.29, 0.717) is 0 Å². The molecule has 0 atom stereocenters. The van der Waals surface area contributed by atoms with Crippen molar-refractivity contribution in [2.75, 3.05) is 0 Å². The second-order valence-corrected chi connectivity index (χ2v) is 13.0. The summed E-state index contributed by atoms with van der Waals surface area (Å²) in [4.78, 5) is 0. The maximum Gasteiger partial charge on any atom is 0.0582 e. The predicted molar refractivity (Wildman–Crippen MR) is 173 cm³/mol. The van der Waals surface area contributed by atoms with Crippen molar-refractivity contribution in [1.29, 1.82) is 0 Å². The summed E-state index contributed by atoms with van der Waals surface area (Å²) >= 11 is 0. The number of aromatic nitrogens is 1. The molecule has 196 valence electrons. The fraction of sp³-hybridized carbons (Fsp3) is 0.150. The van der Waals surface area contributed by atoms with Crippen LogP contribution in [0.15, 0.2) is 115 Å². The molecule has 1 aromatic heterocycles. The largest absolute Gasteiger partial charge is 0.308 e. The van der Waals surface area contributed by atoms with E-state index in [2.05, 4.69) is 148 Å². The van der Waals surface area contributed by atoms with Gasteiger partial charge in [0.15, 0.2) is 0 Å². The van der Waals surface area contributed by atoms with Crippen LogP contribution in [0, 0.1) is 0 Å². The fourth-order valence-electron chi connectivity index (χ4n) is 7.99.